The highest BCUT2D eigenvalue weighted by molar-refractivity contribution is 5.75. The van der Waals surface area contributed by atoms with Crippen molar-refractivity contribution in [3.63, 3.8) is 0 Å². The summed E-state index contributed by atoms with van der Waals surface area (Å²) in [7, 11) is 4.15. The van der Waals surface area contributed by atoms with Crippen LogP contribution in [-0.2, 0) is 4.79 Å². The fraction of sp³-hybridized carbons (Fsp3) is 0.917. The van der Waals surface area contributed by atoms with Gasteiger partial charge in [0.25, 0.3) is 0 Å². The Morgan fingerprint density at radius 3 is 0.905 bits per heavy atom. The van der Waals surface area contributed by atoms with E-state index in [4.69, 9.17) is 0 Å². The van der Waals surface area contributed by atoms with E-state index in [1.54, 1.807) is 11.1 Å². The lowest BCUT2D eigenvalue weighted by Gasteiger charge is -2.10. The minimum Gasteiger partial charge on any atom is -0.356 e. The third-order valence-corrected chi connectivity index (χ3v) is 13.8. The molecule has 1 N–H and O–H groups in total. The highest BCUT2D eigenvalue weighted by atomic mass is 16.1. The van der Waals surface area contributed by atoms with Crippen LogP contribution in [0.2, 0.25) is 0 Å². The van der Waals surface area contributed by atoms with Crippen LogP contribution in [0.3, 0.4) is 0 Å². The number of nitrogens with zero attached hydrogens (tertiary/aromatic N) is 1. The molecule has 0 aromatic carbocycles. The second-order valence-electron chi connectivity index (χ2n) is 20.6. The molecule has 0 aliphatic carbocycles. The first kappa shape index (κ1) is 61.9. The van der Waals surface area contributed by atoms with Crippen LogP contribution in [-0.4, -0.2) is 38.0 Å². The summed E-state index contributed by atoms with van der Waals surface area (Å²) in [4.78, 5) is 14.4. The molecular formula is C60H118N2O. The topological polar surface area (TPSA) is 32.3 Å². The van der Waals surface area contributed by atoms with Gasteiger partial charge in [-0.15, -0.1) is 0 Å². The first-order valence-corrected chi connectivity index (χ1v) is 29.3. The number of nitrogens with one attached hydrogen (secondary N) is 1. The van der Waals surface area contributed by atoms with Crippen LogP contribution in [0.5, 0.6) is 0 Å². The van der Waals surface area contributed by atoms with E-state index in [2.05, 4.69) is 57.2 Å². The van der Waals surface area contributed by atoms with Crippen molar-refractivity contribution in [1.29, 1.82) is 0 Å². The molecule has 0 aromatic rings. The molecular weight excluding hydrogens is 765 g/mol. The van der Waals surface area contributed by atoms with Crippen LogP contribution in [0.4, 0.5) is 0 Å². The lowest BCUT2D eigenvalue weighted by Crippen LogP contribution is -2.25. The van der Waals surface area contributed by atoms with Crippen molar-refractivity contribution in [1.82, 2.24) is 10.2 Å². The van der Waals surface area contributed by atoms with E-state index in [-0.39, 0.29) is 5.91 Å². The van der Waals surface area contributed by atoms with Crippen LogP contribution < -0.4 is 5.32 Å². The van der Waals surface area contributed by atoms with E-state index >= 15 is 0 Å². The predicted molar refractivity (Wildman–Crippen MR) is 286 cm³/mol. The summed E-state index contributed by atoms with van der Waals surface area (Å²) in [5.74, 6) is 0.223. The summed E-state index contributed by atoms with van der Waals surface area (Å²) in [6.45, 7) is 8.77. The highest BCUT2D eigenvalue weighted by Crippen LogP contribution is 2.23. The Hall–Kier alpha value is -1.09. The maximum atomic E-state index is 12.2. The van der Waals surface area contributed by atoms with E-state index in [0.29, 0.717) is 6.42 Å². The van der Waals surface area contributed by atoms with Gasteiger partial charge in [0, 0.05) is 13.0 Å². The quantitative estimate of drug-likeness (QED) is 0.0488. The second-order valence-corrected chi connectivity index (χ2v) is 20.6. The van der Waals surface area contributed by atoms with Crippen molar-refractivity contribution < 1.29 is 4.79 Å². The van der Waals surface area contributed by atoms with Gasteiger partial charge in [-0.2, -0.15) is 0 Å². The molecule has 0 aliphatic heterocycles. The molecule has 0 rings (SSSR count). The van der Waals surface area contributed by atoms with Crippen molar-refractivity contribution in [3.05, 3.63) is 23.3 Å². The van der Waals surface area contributed by atoms with E-state index < -0.39 is 0 Å². The molecule has 3 heteroatoms. The fourth-order valence-corrected chi connectivity index (χ4v) is 9.49. The van der Waals surface area contributed by atoms with Gasteiger partial charge >= 0.3 is 0 Å². The number of carbonyl (C=O) groups excluding carboxylic acids is 1. The molecule has 0 fully saturated rings. The Kier molecular flexibility index (Phi) is 52.6. The van der Waals surface area contributed by atoms with Crippen LogP contribution in [0.25, 0.3) is 0 Å². The molecule has 0 saturated heterocycles. The first-order valence-electron chi connectivity index (χ1n) is 29.3. The second kappa shape index (κ2) is 53.5. The number of hydrogen-bond donors (Lipinski definition) is 1. The van der Waals surface area contributed by atoms with Gasteiger partial charge in [0.2, 0.25) is 5.91 Å². The molecule has 374 valence electrons. The zero-order chi connectivity index (χ0) is 45.8. The summed E-state index contributed by atoms with van der Waals surface area (Å²) in [6, 6.07) is 0. The van der Waals surface area contributed by atoms with Crippen LogP contribution in [0, 0.1) is 0 Å². The van der Waals surface area contributed by atoms with Crippen molar-refractivity contribution in [2.45, 2.75) is 329 Å². The Labute approximate surface area is 398 Å². The molecule has 1 amide bonds. The SMILES string of the molecule is CCCCCCCCCCCCCCCCCC/C(=C\CCCCNC(=O)CCCN(C)C)CCCCCCC/C=C(/CCCCCCCCCC)CCCCCCCCCCC. The molecule has 0 heterocycles. The number of carbonyl (C=O) groups is 1. The number of hydrogen-bond acceptors (Lipinski definition) is 2. The van der Waals surface area contributed by atoms with Gasteiger partial charge in [0.15, 0.2) is 0 Å². The Bertz CT molecular complexity index is 952. The lowest BCUT2D eigenvalue weighted by molar-refractivity contribution is -0.121. The standard InChI is InChI=1S/C60H118N2O/c1-6-9-12-15-18-21-22-23-24-25-26-27-29-32-37-43-52-59(54-46-40-47-56-61-60(63)55-48-57-62(4)5)53-45-39-34-33-38-44-51-58(49-41-35-30-20-17-14-11-8-3)50-42-36-31-28-19-16-13-10-7-2/h51,54H,6-50,52-53,55-57H2,1-5H3,(H,61,63)/b58-51-,59-54+. The molecule has 63 heavy (non-hydrogen) atoms. The normalized spacial score (nSPS) is 12.3. The minimum absolute atomic E-state index is 0.223. The predicted octanol–water partition coefficient (Wildman–Crippen LogP) is 20.3. The van der Waals surface area contributed by atoms with Gasteiger partial charge in [0.1, 0.15) is 0 Å². The molecule has 0 saturated carbocycles. The summed E-state index contributed by atoms with van der Waals surface area (Å²) in [5, 5.41) is 3.16. The molecule has 0 radical (unpaired) electrons. The summed E-state index contributed by atoms with van der Waals surface area (Å²) >= 11 is 0. The third-order valence-electron chi connectivity index (χ3n) is 13.8. The van der Waals surface area contributed by atoms with Crippen molar-refractivity contribution in [2.24, 2.45) is 0 Å². The molecule has 0 atom stereocenters. The number of amides is 1. The highest BCUT2D eigenvalue weighted by Gasteiger charge is 2.04. The number of allylic oxidation sites excluding steroid dienone is 4. The van der Waals surface area contributed by atoms with Gasteiger partial charge in [0.05, 0.1) is 0 Å². The van der Waals surface area contributed by atoms with E-state index in [0.717, 1.165) is 25.9 Å². The molecule has 0 unspecified atom stereocenters. The van der Waals surface area contributed by atoms with E-state index in [1.165, 1.54) is 289 Å². The van der Waals surface area contributed by atoms with Gasteiger partial charge in [-0.25, -0.2) is 0 Å². The maximum absolute atomic E-state index is 12.2. The summed E-state index contributed by atoms with van der Waals surface area (Å²) in [5.41, 5.74) is 3.54. The third kappa shape index (κ3) is 51.8. The number of unbranched alkanes of at least 4 members (excludes halogenated alkanes) is 37. The van der Waals surface area contributed by atoms with Gasteiger partial charge in [-0.05, 0) is 111 Å². The van der Waals surface area contributed by atoms with Crippen LogP contribution in [0.15, 0.2) is 23.3 Å². The van der Waals surface area contributed by atoms with Crippen molar-refractivity contribution in [3.8, 4) is 0 Å². The van der Waals surface area contributed by atoms with E-state index in [1.807, 2.05) is 0 Å². The molecule has 0 aliphatic rings. The average molecular weight is 884 g/mol. The molecule has 0 bridgehead atoms. The Morgan fingerprint density at radius 1 is 0.333 bits per heavy atom. The monoisotopic (exact) mass is 883 g/mol. The van der Waals surface area contributed by atoms with Crippen molar-refractivity contribution >= 4 is 5.91 Å². The molecule has 0 spiro atoms. The van der Waals surface area contributed by atoms with E-state index in [9.17, 15) is 4.79 Å². The maximum Gasteiger partial charge on any atom is 0.220 e. The summed E-state index contributed by atoms with van der Waals surface area (Å²) in [6.07, 6.45) is 71.3. The van der Waals surface area contributed by atoms with Gasteiger partial charge in [-0.3, -0.25) is 4.79 Å². The Balaban J connectivity index is 4.58. The van der Waals surface area contributed by atoms with Gasteiger partial charge < -0.3 is 10.2 Å². The fourth-order valence-electron chi connectivity index (χ4n) is 9.49. The average Bonchev–Trinajstić information content (AvgIpc) is 3.27. The van der Waals surface area contributed by atoms with Crippen LogP contribution >= 0.6 is 0 Å². The Morgan fingerprint density at radius 2 is 0.603 bits per heavy atom. The summed E-state index contributed by atoms with van der Waals surface area (Å²) < 4.78 is 0. The van der Waals surface area contributed by atoms with Crippen molar-refractivity contribution in [2.75, 3.05) is 27.2 Å². The smallest absolute Gasteiger partial charge is 0.220 e. The zero-order valence-corrected chi connectivity index (χ0v) is 44.4. The first-order chi connectivity index (χ1) is 31.0. The minimum atomic E-state index is 0.223. The largest absolute Gasteiger partial charge is 0.356 e. The molecule has 0 aromatic heterocycles. The van der Waals surface area contributed by atoms with Crippen LogP contribution in [0.1, 0.15) is 329 Å². The number of rotatable bonds is 53. The zero-order valence-electron chi connectivity index (χ0n) is 44.4. The van der Waals surface area contributed by atoms with Gasteiger partial charge in [-0.1, -0.05) is 256 Å². The molecule has 3 nitrogen and oxygen atoms in total. The lowest BCUT2D eigenvalue weighted by atomic mass is 9.97.